The summed E-state index contributed by atoms with van der Waals surface area (Å²) in [5, 5.41) is 0. The molecule has 26 heavy (non-hydrogen) atoms. The monoisotopic (exact) mass is 463 g/mol. The number of benzene rings is 2. The molecule has 0 aromatic heterocycles. The Hall–Kier alpha value is -1.89. The third kappa shape index (κ3) is 4.09. The van der Waals surface area contributed by atoms with Crippen LogP contribution in [0.3, 0.4) is 0 Å². The predicted molar refractivity (Wildman–Crippen MR) is 109 cm³/mol. The normalized spacial score (nSPS) is 18.2. The number of nitrogens with zero attached hydrogens (tertiary/aromatic N) is 1. The average Bonchev–Trinajstić information content (AvgIpc) is 2.70. The van der Waals surface area contributed by atoms with Crippen molar-refractivity contribution in [2.75, 3.05) is 13.7 Å². The molecule has 0 saturated carbocycles. The summed E-state index contributed by atoms with van der Waals surface area (Å²) in [4.78, 5) is 27.6. The van der Waals surface area contributed by atoms with Crippen LogP contribution in [-0.2, 0) is 9.53 Å². The largest absolute Gasteiger partial charge is 0.468 e. The van der Waals surface area contributed by atoms with E-state index in [1.807, 2.05) is 59.5 Å². The van der Waals surface area contributed by atoms with E-state index >= 15 is 0 Å². The summed E-state index contributed by atoms with van der Waals surface area (Å²) in [6.07, 6.45) is 2.75. The third-order valence-electron chi connectivity index (χ3n) is 4.90. The summed E-state index contributed by atoms with van der Waals surface area (Å²) in [7, 11) is 1.41. The number of carbonyl (C=O) groups excluding carboxylic acids is 2. The summed E-state index contributed by atoms with van der Waals surface area (Å²) < 4.78 is 6.21. The first-order chi connectivity index (χ1) is 12.6. The standard InChI is InChI=1S/C21H22INO3/c1-26-21(25)19(15-10-12-17(22)13-11-15)18-9-5-6-14-23(18)20(24)16-7-3-2-4-8-16/h2-4,7-8,10-13,18-19H,5-6,9,14H2,1H3. The van der Waals surface area contributed by atoms with Crippen LogP contribution in [0.2, 0.25) is 0 Å². The number of hydrogen-bond acceptors (Lipinski definition) is 3. The van der Waals surface area contributed by atoms with Gasteiger partial charge in [-0.1, -0.05) is 30.3 Å². The zero-order valence-corrected chi connectivity index (χ0v) is 16.9. The summed E-state index contributed by atoms with van der Waals surface area (Å²) in [5.41, 5.74) is 1.56. The maximum Gasteiger partial charge on any atom is 0.315 e. The topological polar surface area (TPSA) is 46.6 Å². The number of esters is 1. The van der Waals surface area contributed by atoms with Gasteiger partial charge < -0.3 is 9.64 Å². The van der Waals surface area contributed by atoms with Crippen molar-refractivity contribution in [1.82, 2.24) is 4.90 Å². The Balaban J connectivity index is 1.96. The first-order valence-electron chi connectivity index (χ1n) is 8.81. The third-order valence-corrected chi connectivity index (χ3v) is 5.62. The lowest BCUT2D eigenvalue weighted by Gasteiger charge is -2.39. The molecule has 0 N–H and O–H groups in total. The van der Waals surface area contributed by atoms with Gasteiger partial charge in [-0.05, 0) is 71.7 Å². The molecule has 2 aromatic rings. The van der Waals surface area contributed by atoms with Gasteiger partial charge in [0.15, 0.2) is 0 Å². The Morgan fingerprint density at radius 3 is 2.42 bits per heavy atom. The van der Waals surface area contributed by atoms with E-state index in [0.29, 0.717) is 12.1 Å². The fraction of sp³-hybridized carbons (Fsp3) is 0.333. The molecule has 1 aliphatic heterocycles. The summed E-state index contributed by atoms with van der Waals surface area (Å²) in [6, 6.07) is 17.0. The van der Waals surface area contributed by atoms with Gasteiger partial charge in [-0.25, -0.2) is 0 Å². The van der Waals surface area contributed by atoms with Crippen LogP contribution >= 0.6 is 22.6 Å². The zero-order chi connectivity index (χ0) is 18.5. The summed E-state index contributed by atoms with van der Waals surface area (Å²) in [5.74, 6) is -0.774. The Bertz CT molecular complexity index is 761. The highest BCUT2D eigenvalue weighted by atomic mass is 127. The molecule has 4 nitrogen and oxygen atoms in total. The van der Waals surface area contributed by atoms with Gasteiger partial charge in [0.25, 0.3) is 5.91 Å². The molecule has 0 bridgehead atoms. The lowest BCUT2D eigenvalue weighted by atomic mass is 9.84. The molecular weight excluding hydrogens is 441 g/mol. The van der Waals surface area contributed by atoms with Crippen LogP contribution in [0.1, 0.15) is 41.1 Å². The smallest absolute Gasteiger partial charge is 0.315 e. The molecule has 1 saturated heterocycles. The molecule has 136 valence electrons. The summed E-state index contributed by atoms with van der Waals surface area (Å²) in [6.45, 7) is 0.663. The van der Waals surface area contributed by atoms with E-state index < -0.39 is 5.92 Å². The van der Waals surface area contributed by atoms with Gasteiger partial charge in [0, 0.05) is 21.7 Å². The van der Waals surface area contributed by atoms with Crippen LogP contribution in [0.25, 0.3) is 0 Å². The first kappa shape index (κ1) is 18.9. The highest BCUT2D eigenvalue weighted by molar-refractivity contribution is 14.1. The number of ether oxygens (including phenoxy) is 1. The van der Waals surface area contributed by atoms with Gasteiger partial charge >= 0.3 is 5.97 Å². The minimum atomic E-state index is -0.468. The average molecular weight is 463 g/mol. The van der Waals surface area contributed by atoms with Gasteiger partial charge in [0.1, 0.15) is 5.92 Å². The van der Waals surface area contributed by atoms with Gasteiger partial charge in [0.2, 0.25) is 0 Å². The molecule has 5 heteroatoms. The van der Waals surface area contributed by atoms with E-state index in [0.717, 1.165) is 28.4 Å². The fourth-order valence-electron chi connectivity index (χ4n) is 3.61. The van der Waals surface area contributed by atoms with Crippen LogP contribution in [0.5, 0.6) is 0 Å². The Morgan fingerprint density at radius 1 is 1.08 bits per heavy atom. The van der Waals surface area contributed by atoms with Gasteiger partial charge in [-0.15, -0.1) is 0 Å². The van der Waals surface area contributed by atoms with Crippen molar-refractivity contribution < 1.29 is 14.3 Å². The number of rotatable bonds is 4. The van der Waals surface area contributed by atoms with Crippen molar-refractivity contribution in [3.05, 3.63) is 69.3 Å². The van der Waals surface area contributed by atoms with Crippen LogP contribution in [-0.4, -0.2) is 36.5 Å². The second-order valence-corrected chi connectivity index (χ2v) is 7.73. The molecule has 1 fully saturated rings. The van der Waals surface area contributed by atoms with Gasteiger partial charge in [0.05, 0.1) is 7.11 Å². The summed E-state index contributed by atoms with van der Waals surface area (Å²) >= 11 is 2.24. The Morgan fingerprint density at radius 2 is 1.77 bits per heavy atom. The van der Waals surface area contributed by atoms with Gasteiger partial charge in [-0.3, -0.25) is 9.59 Å². The molecule has 3 rings (SSSR count). The zero-order valence-electron chi connectivity index (χ0n) is 14.7. The number of hydrogen-bond donors (Lipinski definition) is 0. The highest BCUT2D eigenvalue weighted by Gasteiger charge is 2.38. The lowest BCUT2D eigenvalue weighted by molar-refractivity contribution is -0.144. The molecule has 0 spiro atoms. The van der Waals surface area contributed by atoms with Crippen LogP contribution in [0.15, 0.2) is 54.6 Å². The minimum Gasteiger partial charge on any atom is -0.468 e. The minimum absolute atomic E-state index is 0.0188. The number of piperidine rings is 1. The number of likely N-dealkylation sites (tertiary alicyclic amines) is 1. The van der Waals surface area contributed by atoms with E-state index in [1.165, 1.54) is 7.11 Å². The van der Waals surface area contributed by atoms with Crippen LogP contribution in [0, 0.1) is 3.57 Å². The molecule has 2 atom stereocenters. The van der Waals surface area contributed by atoms with Crippen molar-refractivity contribution in [2.45, 2.75) is 31.2 Å². The lowest BCUT2D eigenvalue weighted by Crippen LogP contribution is -2.48. The van der Waals surface area contributed by atoms with Crippen molar-refractivity contribution in [1.29, 1.82) is 0 Å². The first-order valence-corrected chi connectivity index (χ1v) is 9.89. The number of methoxy groups -OCH3 is 1. The van der Waals surface area contributed by atoms with E-state index in [2.05, 4.69) is 22.6 Å². The maximum absolute atomic E-state index is 13.1. The number of halogens is 1. The van der Waals surface area contributed by atoms with E-state index in [-0.39, 0.29) is 17.9 Å². The van der Waals surface area contributed by atoms with E-state index in [1.54, 1.807) is 0 Å². The van der Waals surface area contributed by atoms with E-state index in [9.17, 15) is 9.59 Å². The van der Waals surface area contributed by atoms with Crippen LogP contribution in [0.4, 0.5) is 0 Å². The maximum atomic E-state index is 13.1. The fourth-order valence-corrected chi connectivity index (χ4v) is 3.97. The number of carbonyl (C=O) groups is 2. The van der Waals surface area contributed by atoms with Crippen molar-refractivity contribution in [3.8, 4) is 0 Å². The molecule has 2 aromatic carbocycles. The molecule has 1 aliphatic rings. The molecule has 0 aliphatic carbocycles. The molecule has 2 unspecified atom stereocenters. The van der Waals surface area contributed by atoms with Crippen molar-refractivity contribution >= 4 is 34.5 Å². The van der Waals surface area contributed by atoms with Gasteiger partial charge in [-0.2, -0.15) is 0 Å². The quantitative estimate of drug-likeness (QED) is 0.504. The highest BCUT2D eigenvalue weighted by Crippen LogP contribution is 2.33. The molecule has 1 amide bonds. The van der Waals surface area contributed by atoms with Crippen LogP contribution < -0.4 is 0 Å². The Labute approximate surface area is 167 Å². The second kappa shape index (κ2) is 8.66. The molecule has 0 radical (unpaired) electrons. The van der Waals surface area contributed by atoms with E-state index in [4.69, 9.17) is 4.74 Å². The van der Waals surface area contributed by atoms with Crippen molar-refractivity contribution in [3.63, 3.8) is 0 Å². The Kier molecular flexibility index (Phi) is 6.29. The second-order valence-electron chi connectivity index (χ2n) is 6.48. The molecular formula is C21H22INO3. The van der Waals surface area contributed by atoms with Crippen molar-refractivity contribution in [2.24, 2.45) is 0 Å². The number of amides is 1. The SMILES string of the molecule is COC(=O)C(c1ccc(I)cc1)C1CCCCN1C(=O)c1ccccc1. The molecule has 1 heterocycles. The predicted octanol–water partition coefficient (Wildman–Crippen LogP) is 4.24.